The Morgan fingerprint density at radius 1 is 1.44 bits per heavy atom. The lowest BCUT2D eigenvalue weighted by Gasteiger charge is -2.29. The van der Waals surface area contributed by atoms with Crippen LogP contribution in [0.1, 0.15) is 23.0 Å². The van der Waals surface area contributed by atoms with Gasteiger partial charge in [0.15, 0.2) is 10.8 Å². The lowest BCUT2D eigenvalue weighted by Crippen LogP contribution is -2.39. The van der Waals surface area contributed by atoms with Gasteiger partial charge >= 0.3 is 5.97 Å². The number of sulfonamides is 1. The first-order chi connectivity index (χ1) is 15.1. The number of aliphatic imine (C=N–C) groups is 1. The molecule has 0 bridgehead atoms. The number of nitrogens with one attached hydrogen (secondary N) is 2. The van der Waals surface area contributed by atoms with Gasteiger partial charge < -0.3 is 15.2 Å². The van der Waals surface area contributed by atoms with Crippen molar-refractivity contribution in [2.45, 2.75) is 24.6 Å². The fourth-order valence-electron chi connectivity index (χ4n) is 3.67. The molecule has 2 aliphatic heterocycles. The highest BCUT2D eigenvalue weighted by Crippen LogP contribution is 2.38. The SMILES string of the molecule is CS(=O)(=O)NC1COC(C2=C(C(=O)O)C(c3cccc(F)c3Cl)N=C(c3nccs3)N2)C1. The molecule has 0 radical (unpaired) electrons. The molecule has 1 fully saturated rings. The van der Waals surface area contributed by atoms with E-state index in [9.17, 15) is 22.7 Å². The topological polar surface area (TPSA) is 130 Å². The smallest absolute Gasteiger partial charge is 0.336 e. The number of carboxylic acids is 1. The highest BCUT2D eigenvalue weighted by Gasteiger charge is 2.39. The third kappa shape index (κ3) is 4.69. The molecular formula is C19H18ClFN4O5S2. The van der Waals surface area contributed by atoms with Gasteiger partial charge in [-0.25, -0.2) is 27.3 Å². The minimum absolute atomic E-state index is 0.0604. The quantitative estimate of drug-likeness (QED) is 0.553. The Bertz CT molecular complexity index is 1220. The number of aliphatic carboxylic acids is 1. The van der Waals surface area contributed by atoms with Gasteiger partial charge in [-0.15, -0.1) is 11.3 Å². The highest BCUT2D eigenvalue weighted by molar-refractivity contribution is 7.88. The van der Waals surface area contributed by atoms with E-state index >= 15 is 0 Å². The monoisotopic (exact) mass is 500 g/mol. The van der Waals surface area contributed by atoms with Crippen LogP contribution in [0.5, 0.6) is 0 Å². The number of nitrogens with zero attached hydrogens (tertiary/aromatic N) is 2. The van der Waals surface area contributed by atoms with Crippen LogP contribution in [0.4, 0.5) is 4.39 Å². The number of ether oxygens (including phenoxy) is 1. The number of benzene rings is 1. The van der Waals surface area contributed by atoms with Gasteiger partial charge in [-0.05, 0) is 12.5 Å². The molecule has 0 amide bonds. The molecule has 3 unspecified atom stereocenters. The number of hydrogen-bond acceptors (Lipinski definition) is 8. The number of carboxylic acid groups (broad SMARTS) is 1. The Kier molecular flexibility index (Phi) is 6.32. The van der Waals surface area contributed by atoms with Gasteiger partial charge in [0.1, 0.15) is 11.9 Å². The first-order valence-corrected chi connectivity index (χ1v) is 12.5. The predicted octanol–water partition coefficient (Wildman–Crippen LogP) is 2.07. The van der Waals surface area contributed by atoms with Crippen molar-refractivity contribution in [1.29, 1.82) is 0 Å². The molecule has 13 heteroatoms. The zero-order valence-corrected chi connectivity index (χ0v) is 19.0. The lowest BCUT2D eigenvalue weighted by atomic mass is 9.93. The number of thiazole rings is 1. The van der Waals surface area contributed by atoms with Crippen LogP contribution < -0.4 is 10.0 Å². The largest absolute Gasteiger partial charge is 0.478 e. The predicted molar refractivity (Wildman–Crippen MR) is 117 cm³/mol. The summed E-state index contributed by atoms with van der Waals surface area (Å²) in [5, 5.41) is 15.0. The molecule has 1 aromatic carbocycles. The van der Waals surface area contributed by atoms with Crippen LogP contribution in [-0.4, -0.2) is 55.3 Å². The maximum Gasteiger partial charge on any atom is 0.336 e. The number of halogens is 2. The molecule has 3 atom stereocenters. The molecule has 1 saturated heterocycles. The van der Waals surface area contributed by atoms with Gasteiger partial charge in [0.2, 0.25) is 10.0 Å². The van der Waals surface area contributed by atoms with Crippen LogP contribution in [0, 0.1) is 5.82 Å². The van der Waals surface area contributed by atoms with E-state index in [2.05, 4.69) is 20.0 Å². The molecular weight excluding hydrogens is 483 g/mol. The van der Waals surface area contributed by atoms with Gasteiger partial charge in [-0.3, -0.25) is 4.99 Å². The fraction of sp³-hybridized carbons (Fsp3) is 0.316. The Morgan fingerprint density at radius 3 is 2.88 bits per heavy atom. The van der Waals surface area contributed by atoms with E-state index in [1.54, 1.807) is 11.6 Å². The summed E-state index contributed by atoms with van der Waals surface area (Å²) in [6, 6.07) is 2.45. The second kappa shape index (κ2) is 8.87. The second-order valence-corrected chi connectivity index (χ2v) is 10.3. The number of carbonyl (C=O) groups is 1. The molecule has 2 aromatic rings. The van der Waals surface area contributed by atoms with E-state index in [-0.39, 0.29) is 40.7 Å². The van der Waals surface area contributed by atoms with E-state index in [4.69, 9.17) is 16.3 Å². The first-order valence-electron chi connectivity index (χ1n) is 9.39. The van der Waals surface area contributed by atoms with Crippen molar-refractivity contribution in [2.24, 2.45) is 4.99 Å². The first kappa shape index (κ1) is 22.8. The molecule has 2 aliphatic rings. The maximum atomic E-state index is 14.2. The average molecular weight is 501 g/mol. The summed E-state index contributed by atoms with van der Waals surface area (Å²) in [6.45, 7) is 0.0604. The molecule has 170 valence electrons. The third-order valence-corrected chi connectivity index (χ3v) is 6.86. The summed E-state index contributed by atoms with van der Waals surface area (Å²) in [4.78, 5) is 21.0. The summed E-state index contributed by atoms with van der Waals surface area (Å²) in [5.74, 6) is -1.70. The molecule has 3 heterocycles. The fourth-order valence-corrected chi connectivity index (χ4v) is 5.26. The van der Waals surface area contributed by atoms with Crippen LogP contribution in [0.15, 0.2) is 46.0 Å². The number of hydrogen-bond donors (Lipinski definition) is 3. The van der Waals surface area contributed by atoms with Gasteiger partial charge in [-0.2, -0.15) is 0 Å². The van der Waals surface area contributed by atoms with E-state index in [1.165, 1.54) is 29.5 Å². The van der Waals surface area contributed by atoms with Crippen molar-refractivity contribution >= 4 is 44.8 Å². The zero-order chi connectivity index (χ0) is 23.0. The van der Waals surface area contributed by atoms with Crippen molar-refractivity contribution in [1.82, 2.24) is 15.0 Å². The van der Waals surface area contributed by atoms with Crippen LogP contribution in [-0.2, 0) is 19.6 Å². The molecule has 3 N–H and O–H groups in total. The minimum Gasteiger partial charge on any atom is -0.478 e. The Labute approximate surface area is 192 Å². The summed E-state index contributed by atoms with van der Waals surface area (Å²) >= 11 is 7.45. The molecule has 0 aliphatic carbocycles. The van der Waals surface area contributed by atoms with Gasteiger partial charge in [-0.1, -0.05) is 23.7 Å². The van der Waals surface area contributed by atoms with E-state index in [0.717, 1.165) is 6.26 Å². The average Bonchev–Trinajstić information content (AvgIpc) is 3.40. The van der Waals surface area contributed by atoms with E-state index < -0.39 is 40.0 Å². The summed E-state index contributed by atoms with van der Waals surface area (Å²) < 4.78 is 45.6. The summed E-state index contributed by atoms with van der Waals surface area (Å²) in [6.07, 6.45) is 2.04. The van der Waals surface area contributed by atoms with Crippen LogP contribution in [0.2, 0.25) is 5.02 Å². The molecule has 9 nitrogen and oxygen atoms in total. The molecule has 0 saturated carbocycles. The Morgan fingerprint density at radius 2 is 2.22 bits per heavy atom. The number of amidine groups is 1. The summed E-state index contributed by atoms with van der Waals surface area (Å²) in [5.41, 5.74) is 0.213. The number of rotatable bonds is 6. The molecule has 32 heavy (non-hydrogen) atoms. The normalized spacial score (nSPS) is 23.7. The van der Waals surface area contributed by atoms with E-state index in [1.807, 2.05) is 0 Å². The molecule has 4 rings (SSSR count). The van der Waals surface area contributed by atoms with Gasteiger partial charge in [0.25, 0.3) is 0 Å². The third-order valence-electron chi connectivity index (χ3n) is 4.92. The van der Waals surface area contributed by atoms with Gasteiger partial charge in [0.05, 0.1) is 35.3 Å². The van der Waals surface area contributed by atoms with Crippen molar-refractivity contribution in [2.75, 3.05) is 12.9 Å². The highest BCUT2D eigenvalue weighted by atomic mass is 35.5. The molecule has 0 spiro atoms. The Balaban J connectivity index is 1.80. The maximum absolute atomic E-state index is 14.2. The van der Waals surface area contributed by atoms with Crippen molar-refractivity contribution < 1.29 is 27.4 Å². The van der Waals surface area contributed by atoms with Crippen molar-refractivity contribution in [3.63, 3.8) is 0 Å². The van der Waals surface area contributed by atoms with Crippen molar-refractivity contribution in [3.8, 4) is 0 Å². The van der Waals surface area contributed by atoms with Crippen LogP contribution in [0.3, 0.4) is 0 Å². The zero-order valence-electron chi connectivity index (χ0n) is 16.6. The standard InChI is InChI=1S/C19H18ClFN4O5S2/c1-32(28,29)25-9-7-12(30-8-9)16-13(19(26)27)15(10-3-2-4-11(21)14(10)20)23-17(24-16)18-22-5-6-31-18/h2-6,9,12,15,25H,7-8H2,1H3,(H,23,24)(H,26,27). The number of aromatic nitrogens is 1. The van der Waals surface area contributed by atoms with E-state index in [0.29, 0.717) is 5.01 Å². The van der Waals surface area contributed by atoms with Crippen LogP contribution in [0.25, 0.3) is 0 Å². The van der Waals surface area contributed by atoms with Gasteiger partial charge in [0, 0.05) is 23.2 Å². The lowest BCUT2D eigenvalue weighted by molar-refractivity contribution is -0.133. The Hall–Kier alpha value is -2.38. The summed E-state index contributed by atoms with van der Waals surface area (Å²) in [7, 11) is -3.48. The minimum atomic E-state index is -3.48. The molecule has 1 aromatic heterocycles. The van der Waals surface area contributed by atoms with Crippen LogP contribution >= 0.6 is 22.9 Å². The van der Waals surface area contributed by atoms with Crippen molar-refractivity contribution in [3.05, 3.63) is 62.5 Å². The second-order valence-electron chi connectivity index (χ2n) is 7.26.